The van der Waals surface area contributed by atoms with E-state index < -0.39 is 0 Å². The maximum Gasteiger partial charge on any atom is 0.00581 e. The van der Waals surface area contributed by atoms with Crippen LogP contribution >= 0.6 is 22.6 Å². The molecule has 0 saturated heterocycles. The fourth-order valence-corrected chi connectivity index (χ4v) is 3.38. The van der Waals surface area contributed by atoms with Crippen LogP contribution < -0.4 is 0 Å². The van der Waals surface area contributed by atoms with E-state index in [4.69, 9.17) is 0 Å². The minimum atomic E-state index is 1.03. The molecule has 25 heavy (non-hydrogen) atoms. The standard InChI is InChI=1S/C24H17I/c1-17(25)9-10-18-5-4-7-20(15-18)21-13-14-24-22(16-21)12-11-19-6-2-3-8-23(19)24/h2-16H,1H2/b10-9-. The number of hydrogen-bond acceptors (Lipinski definition) is 0. The third kappa shape index (κ3) is 3.38. The lowest BCUT2D eigenvalue weighted by atomic mass is 9.97. The molecule has 0 aliphatic rings. The first-order valence-corrected chi connectivity index (χ1v) is 9.33. The molecule has 0 unspecified atom stereocenters. The molecule has 120 valence electrons. The highest BCUT2D eigenvalue weighted by Crippen LogP contribution is 2.30. The van der Waals surface area contributed by atoms with E-state index in [9.17, 15) is 0 Å². The molecule has 0 aliphatic carbocycles. The highest BCUT2D eigenvalue weighted by Gasteiger charge is 2.03. The number of halogens is 1. The topological polar surface area (TPSA) is 0 Å². The summed E-state index contributed by atoms with van der Waals surface area (Å²) in [5.74, 6) is 0. The highest BCUT2D eigenvalue weighted by molar-refractivity contribution is 14.1. The molecule has 0 radical (unpaired) electrons. The van der Waals surface area contributed by atoms with Gasteiger partial charge in [0.05, 0.1) is 0 Å². The van der Waals surface area contributed by atoms with E-state index in [2.05, 4.69) is 114 Å². The Bertz CT molecular complexity index is 1120. The largest absolute Gasteiger partial charge is 0.0856 e. The third-order valence-corrected chi connectivity index (χ3v) is 4.78. The number of allylic oxidation sites excluding steroid dienone is 2. The van der Waals surface area contributed by atoms with Gasteiger partial charge in [-0.2, -0.15) is 0 Å². The molecule has 0 aromatic heterocycles. The average molecular weight is 432 g/mol. The summed E-state index contributed by atoms with van der Waals surface area (Å²) in [7, 11) is 0. The van der Waals surface area contributed by atoms with Crippen molar-refractivity contribution in [1.29, 1.82) is 0 Å². The van der Waals surface area contributed by atoms with Crippen LogP contribution in [-0.4, -0.2) is 0 Å². The Labute approximate surface area is 161 Å². The van der Waals surface area contributed by atoms with E-state index >= 15 is 0 Å². The Morgan fingerprint density at radius 3 is 2.36 bits per heavy atom. The van der Waals surface area contributed by atoms with Crippen LogP contribution in [0.4, 0.5) is 0 Å². The minimum absolute atomic E-state index is 1.03. The zero-order valence-corrected chi connectivity index (χ0v) is 15.9. The van der Waals surface area contributed by atoms with E-state index in [0.717, 1.165) is 3.58 Å². The Morgan fingerprint density at radius 2 is 1.48 bits per heavy atom. The van der Waals surface area contributed by atoms with Gasteiger partial charge in [0.15, 0.2) is 0 Å². The summed E-state index contributed by atoms with van der Waals surface area (Å²) in [6, 6.07) is 28.3. The van der Waals surface area contributed by atoms with Gasteiger partial charge in [0.2, 0.25) is 0 Å². The van der Waals surface area contributed by atoms with Gasteiger partial charge in [0, 0.05) is 3.58 Å². The predicted molar refractivity (Wildman–Crippen MR) is 119 cm³/mol. The monoisotopic (exact) mass is 432 g/mol. The first-order valence-electron chi connectivity index (χ1n) is 8.25. The second kappa shape index (κ2) is 6.85. The molecule has 0 nitrogen and oxygen atoms in total. The maximum atomic E-state index is 3.91. The van der Waals surface area contributed by atoms with Crippen molar-refractivity contribution in [3.8, 4) is 11.1 Å². The molecular weight excluding hydrogens is 415 g/mol. The highest BCUT2D eigenvalue weighted by atomic mass is 127. The zero-order chi connectivity index (χ0) is 17.2. The molecule has 1 heteroatoms. The lowest BCUT2D eigenvalue weighted by molar-refractivity contribution is 1.62. The summed E-state index contributed by atoms with van der Waals surface area (Å²) in [4.78, 5) is 0. The van der Waals surface area contributed by atoms with Crippen molar-refractivity contribution in [3.05, 3.63) is 101 Å². The Kier molecular flexibility index (Phi) is 4.41. The number of rotatable bonds is 3. The van der Waals surface area contributed by atoms with Crippen LogP contribution in [0.25, 0.3) is 38.7 Å². The molecule has 4 rings (SSSR count). The van der Waals surface area contributed by atoms with Crippen LogP contribution in [-0.2, 0) is 0 Å². The molecule has 0 fully saturated rings. The fraction of sp³-hybridized carbons (Fsp3) is 0. The first-order chi connectivity index (χ1) is 12.2. The second-order valence-electron chi connectivity index (χ2n) is 6.13. The van der Waals surface area contributed by atoms with Crippen molar-refractivity contribution in [3.63, 3.8) is 0 Å². The maximum absolute atomic E-state index is 3.91. The molecule has 0 bridgehead atoms. The third-order valence-electron chi connectivity index (χ3n) is 4.42. The fourth-order valence-electron chi connectivity index (χ4n) is 3.20. The Hall–Kier alpha value is -2.39. The lowest BCUT2D eigenvalue weighted by Gasteiger charge is -2.08. The number of hydrogen-bond donors (Lipinski definition) is 0. The first kappa shape index (κ1) is 16.1. The summed E-state index contributed by atoms with van der Waals surface area (Å²) in [5.41, 5.74) is 3.66. The normalized spacial score (nSPS) is 11.4. The molecule has 0 amide bonds. The predicted octanol–water partition coefficient (Wildman–Crippen LogP) is 7.62. The molecule has 0 saturated carbocycles. The summed E-state index contributed by atoms with van der Waals surface area (Å²) in [6.07, 6.45) is 4.14. The summed E-state index contributed by atoms with van der Waals surface area (Å²) >= 11 is 2.22. The van der Waals surface area contributed by atoms with Crippen LogP contribution in [0.5, 0.6) is 0 Å². The quantitative estimate of drug-likeness (QED) is 0.177. The van der Waals surface area contributed by atoms with Crippen LogP contribution in [0.2, 0.25) is 0 Å². The van der Waals surface area contributed by atoms with Gasteiger partial charge in [-0.25, -0.2) is 0 Å². The van der Waals surface area contributed by atoms with Crippen molar-refractivity contribution in [2.45, 2.75) is 0 Å². The van der Waals surface area contributed by atoms with Crippen LogP contribution in [0.15, 0.2) is 95.1 Å². The molecular formula is C24H17I. The second-order valence-corrected chi connectivity index (χ2v) is 7.51. The van der Waals surface area contributed by atoms with E-state index in [1.807, 2.05) is 6.08 Å². The van der Waals surface area contributed by atoms with E-state index in [1.54, 1.807) is 0 Å². The summed E-state index contributed by atoms with van der Waals surface area (Å²) < 4.78 is 1.03. The molecule has 0 spiro atoms. The van der Waals surface area contributed by atoms with Gasteiger partial charge in [-0.3, -0.25) is 0 Å². The lowest BCUT2D eigenvalue weighted by Crippen LogP contribution is -1.82. The molecule has 4 aromatic carbocycles. The van der Waals surface area contributed by atoms with Gasteiger partial charge >= 0.3 is 0 Å². The zero-order valence-electron chi connectivity index (χ0n) is 13.7. The van der Waals surface area contributed by atoms with Gasteiger partial charge in [0.1, 0.15) is 0 Å². The SMILES string of the molecule is C=C(I)/C=C\c1cccc(-c2ccc3c(ccc4ccccc43)c2)c1. The minimum Gasteiger partial charge on any atom is -0.0856 e. The number of fused-ring (bicyclic) bond motifs is 3. The van der Waals surface area contributed by atoms with Crippen molar-refractivity contribution in [1.82, 2.24) is 0 Å². The van der Waals surface area contributed by atoms with E-state index in [0.29, 0.717) is 0 Å². The van der Waals surface area contributed by atoms with Crippen molar-refractivity contribution < 1.29 is 0 Å². The molecule has 4 aromatic rings. The van der Waals surface area contributed by atoms with Crippen molar-refractivity contribution in [2.75, 3.05) is 0 Å². The molecule has 0 heterocycles. The average Bonchev–Trinajstić information content (AvgIpc) is 2.66. The number of benzene rings is 4. The van der Waals surface area contributed by atoms with Crippen molar-refractivity contribution >= 4 is 50.2 Å². The van der Waals surface area contributed by atoms with Crippen LogP contribution in [0, 0.1) is 0 Å². The van der Waals surface area contributed by atoms with Crippen LogP contribution in [0.3, 0.4) is 0 Å². The Balaban J connectivity index is 1.81. The molecule has 0 aliphatic heterocycles. The van der Waals surface area contributed by atoms with Gasteiger partial charge < -0.3 is 0 Å². The van der Waals surface area contributed by atoms with Crippen LogP contribution in [0.1, 0.15) is 5.56 Å². The molecule has 0 atom stereocenters. The Morgan fingerprint density at radius 1 is 0.720 bits per heavy atom. The van der Waals surface area contributed by atoms with Gasteiger partial charge in [-0.15, -0.1) is 0 Å². The smallest absolute Gasteiger partial charge is 0.00581 e. The van der Waals surface area contributed by atoms with Gasteiger partial charge in [-0.05, 0) is 79.0 Å². The summed E-state index contributed by atoms with van der Waals surface area (Å²) in [5, 5.41) is 5.18. The van der Waals surface area contributed by atoms with Gasteiger partial charge in [0.25, 0.3) is 0 Å². The molecule has 0 N–H and O–H groups in total. The van der Waals surface area contributed by atoms with E-state index in [1.165, 1.54) is 38.2 Å². The van der Waals surface area contributed by atoms with E-state index in [-0.39, 0.29) is 0 Å². The summed E-state index contributed by atoms with van der Waals surface area (Å²) in [6.45, 7) is 3.91. The van der Waals surface area contributed by atoms with Gasteiger partial charge in [-0.1, -0.05) is 79.4 Å². The van der Waals surface area contributed by atoms with Crippen molar-refractivity contribution in [2.24, 2.45) is 0 Å².